The van der Waals surface area contributed by atoms with Crippen LogP contribution in [0.4, 0.5) is 5.69 Å². The Hall–Kier alpha value is -2.82. The Morgan fingerprint density at radius 2 is 1.96 bits per heavy atom. The molecular formula is C19H21NO4. The van der Waals surface area contributed by atoms with Crippen LogP contribution in [0.15, 0.2) is 36.4 Å². The Kier molecular flexibility index (Phi) is 5.95. The maximum Gasteiger partial charge on any atom is 0.262 e. The summed E-state index contributed by atoms with van der Waals surface area (Å²) in [5, 5.41) is 2.88. The fraction of sp³-hybridized carbons (Fsp3) is 0.263. The van der Waals surface area contributed by atoms with E-state index >= 15 is 0 Å². The van der Waals surface area contributed by atoms with Crippen molar-refractivity contribution in [1.82, 2.24) is 0 Å². The highest BCUT2D eigenvalue weighted by Gasteiger charge is 2.13. The Bertz CT molecular complexity index is 740. The lowest BCUT2D eigenvalue weighted by molar-refractivity contribution is -0.118. The fourth-order valence-electron chi connectivity index (χ4n) is 2.46. The first kappa shape index (κ1) is 17.5. The summed E-state index contributed by atoms with van der Waals surface area (Å²) in [6.07, 6.45) is 1.49. The van der Waals surface area contributed by atoms with Gasteiger partial charge in [-0.15, -0.1) is 0 Å². The molecule has 0 aliphatic carbocycles. The van der Waals surface area contributed by atoms with Crippen LogP contribution in [-0.2, 0) is 11.2 Å². The molecule has 5 nitrogen and oxygen atoms in total. The van der Waals surface area contributed by atoms with Crippen molar-refractivity contribution in [3.63, 3.8) is 0 Å². The molecule has 2 aromatic carbocycles. The smallest absolute Gasteiger partial charge is 0.262 e. The van der Waals surface area contributed by atoms with Crippen molar-refractivity contribution in [2.75, 3.05) is 19.0 Å². The molecule has 2 rings (SSSR count). The van der Waals surface area contributed by atoms with E-state index in [1.165, 1.54) is 7.11 Å². The number of carbonyl (C=O) groups is 2. The molecule has 0 saturated carbocycles. The lowest BCUT2D eigenvalue weighted by Gasteiger charge is -2.15. The molecule has 1 N–H and O–H groups in total. The van der Waals surface area contributed by atoms with Crippen molar-refractivity contribution in [3.05, 3.63) is 53.1 Å². The predicted molar refractivity (Wildman–Crippen MR) is 93.1 cm³/mol. The molecule has 0 heterocycles. The summed E-state index contributed by atoms with van der Waals surface area (Å²) in [7, 11) is 1.48. The summed E-state index contributed by atoms with van der Waals surface area (Å²) in [6.45, 7) is 3.77. The normalized spacial score (nSPS) is 10.1. The van der Waals surface area contributed by atoms with E-state index < -0.39 is 0 Å². The highest BCUT2D eigenvalue weighted by molar-refractivity contribution is 5.93. The summed E-state index contributed by atoms with van der Waals surface area (Å²) in [6, 6.07) is 10.9. The predicted octanol–water partition coefficient (Wildman–Crippen LogP) is 3.40. The molecule has 0 fully saturated rings. The van der Waals surface area contributed by atoms with Crippen LogP contribution >= 0.6 is 0 Å². The van der Waals surface area contributed by atoms with E-state index in [9.17, 15) is 9.59 Å². The molecule has 126 valence electrons. The van der Waals surface area contributed by atoms with Gasteiger partial charge in [-0.2, -0.15) is 0 Å². The average molecular weight is 327 g/mol. The van der Waals surface area contributed by atoms with Gasteiger partial charge in [0.25, 0.3) is 5.91 Å². The molecular weight excluding hydrogens is 306 g/mol. The van der Waals surface area contributed by atoms with Gasteiger partial charge >= 0.3 is 0 Å². The maximum absolute atomic E-state index is 12.2. The molecule has 2 aromatic rings. The number of methoxy groups -OCH3 is 1. The first-order valence-electron chi connectivity index (χ1n) is 7.74. The number of carbonyl (C=O) groups excluding carboxylic acids is 2. The summed E-state index contributed by atoms with van der Waals surface area (Å²) in [4.78, 5) is 23.4. The van der Waals surface area contributed by atoms with Gasteiger partial charge in [-0.3, -0.25) is 9.59 Å². The second kappa shape index (κ2) is 8.15. The topological polar surface area (TPSA) is 64.6 Å². The zero-order valence-corrected chi connectivity index (χ0v) is 14.1. The van der Waals surface area contributed by atoms with Crippen LogP contribution in [0.25, 0.3) is 0 Å². The molecule has 0 unspecified atom stereocenters. The second-order valence-electron chi connectivity index (χ2n) is 5.30. The van der Waals surface area contributed by atoms with Crippen LogP contribution in [0.1, 0.15) is 28.4 Å². The van der Waals surface area contributed by atoms with Crippen molar-refractivity contribution in [2.24, 2.45) is 0 Å². The minimum absolute atomic E-state index is 0.210. The van der Waals surface area contributed by atoms with Crippen LogP contribution in [-0.4, -0.2) is 25.9 Å². The Labute approximate surface area is 141 Å². The van der Waals surface area contributed by atoms with Crippen molar-refractivity contribution >= 4 is 17.9 Å². The van der Waals surface area contributed by atoms with E-state index in [0.29, 0.717) is 17.6 Å². The van der Waals surface area contributed by atoms with E-state index in [1.54, 1.807) is 18.2 Å². The minimum atomic E-state index is -0.290. The van der Waals surface area contributed by atoms with Crippen molar-refractivity contribution in [2.45, 2.75) is 20.3 Å². The highest BCUT2D eigenvalue weighted by atomic mass is 16.5. The van der Waals surface area contributed by atoms with E-state index in [1.807, 2.05) is 32.0 Å². The molecule has 0 radical (unpaired) electrons. The molecule has 5 heteroatoms. The number of rotatable bonds is 7. The molecule has 0 spiro atoms. The van der Waals surface area contributed by atoms with Gasteiger partial charge in [-0.25, -0.2) is 0 Å². The van der Waals surface area contributed by atoms with Crippen LogP contribution in [0.3, 0.4) is 0 Å². The minimum Gasteiger partial charge on any atom is -0.493 e. The largest absolute Gasteiger partial charge is 0.493 e. The first-order valence-corrected chi connectivity index (χ1v) is 7.74. The number of para-hydroxylation sites is 2. The summed E-state index contributed by atoms with van der Waals surface area (Å²) in [5.74, 6) is 0.393. The monoisotopic (exact) mass is 327 g/mol. The molecule has 0 aromatic heterocycles. The van der Waals surface area contributed by atoms with Crippen LogP contribution in [0.2, 0.25) is 0 Å². The molecule has 1 amide bonds. The zero-order valence-electron chi connectivity index (χ0n) is 14.1. The standard InChI is InChI=1S/C19H21NO4/c1-4-14-8-5-7-13(2)18(14)20-17(22)12-24-19-15(11-21)9-6-10-16(19)23-3/h5-11H,4,12H2,1-3H3,(H,20,22). The molecule has 0 bridgehead atoms. The third kappa shape index (κ3) is 3.93. The number of benzene rings is 2. The summed E-state index contributed by atoms with van der Waals surface area (Å²) >= 11 is 0. The number of hydrogen-bond acceptors (Lipinski definition) is 4. The SMILES string of the molecule is CCc1cccc(C)c1NC(=O)COc1c(C=O)cccc1OC. The quantitative estimate of drug-likeness (QED) is 0.792. The number of nitrogens with one attached hydrogen (secondary N) is 1. The van der Waals surface area contributed by atoms with Gasteiger partial charge in [0.2, 0.25) is 0 Å². The Morgan fingerprint density at radius 1 is 1.21 bits per heavy atom. The molecule has 0 aliphatic rings. The Balaban J connectivity index is 2.11. The zero-order chi connectivity index (χ0) is 17.5. The summed E-state index contributed by atoms with van der Waals surface area (Å²) < 4.78 is 10.7. The van der Waals surface area contributed by atoms with E-state index in [-0.39, 0.29) is 18.3 Å². The van der Waals surface area contributed by atoms with Gasteiger partial charge in [0.05, 0.1) is 12.7 Å². The highest BCUT2D eigenvalue weighted by Crippen LogP contribution is 2.30. The van der Waals surface area contributed by atoms with Gasteiger partial charge in [0, 0.05) is 5.69 Å². The number of anilines is 1. The van der Waals surface area contributed by atoms with Gasteiger partial charge in [0.1, 0.15) is 0 Å². The maximum atomic E-state index is 12.2. The molecule has 0 aliphatic heterocycles. The van der Waals surface area contributed by atoms with Crippen LogP contribution in [0.5, 0.6) is 11.5 Å². The van der Waals surface area contributed by atoms with Crippen molar-refractivity contribution < 1.29 is 19.1 Å². The fourth-order valence-corrected chi connectivity index (χ4v) is 2.46. The molecule has 0 atom stereocenters. The molecule has 24 heavy (non-hydrogen) atoms. The number of aryl methyl sites for hydroxylation is 2. The number of hydrogen-bond donors (Lipinski definition) is 1. The third-order valence-corrected chi connectivity index (χ3v) is 3.71. The number of amides is 1. The average Bonchev–Trinajstić information content (AvgIpc) is 2.61. The van der Waals surface area contributed by atoms with Gasteiger partial charge in [-0.05, 0) is 36.6 Å². The van der Waals surface area contributed by atoms with Crippen molar-refractivity contribution in [3.8, 4) is 11.5 Å². The van der Waals surface area contributed by atoms with E-state index in [0.717, 1.165) is 23.2 Å². The number of aldehydes is 1. The first-order chi connectivity index (χ1) is 11.6. The summed E-state index contributed by atoms with van der Waals surface area (Å²) in [5.41, 5.74) is 3.21. The number of ether oxygens (including phenoxy) is 2. The van der Waals surface area contributed by atoms with Gasteiger partial charge in [-0.1, -0.05) is 31.2 Å². The van der Waals surface area contributed by atoms with E-state index in [2.05, 4.69) is 5.32 Å². The van der Waals surface area contributed by atoms with Gasteiger partial charge < -0.3 is 14.8 Å². The third-order valence-electron chi connectivity index (χ3n) is 3.71. The van der Waals surface area contributed by atoms with Crippen LogP contribution < -0.4 is 14.8 Å². The second-order valence-corrected chi connectivity index (χ2v) is 5.30. The Morgan fingerprint density at radius 3 is 2.62 bits per heavy atom. The lowest BCUT2D eigenvalue weighted by atomic mass is 10.1. The molecule has 0 saturated heterocycles. The van der Waals surface area contributed by atoms with Crippen molar-refractivity contribution in [1.29, 1.82) is 0 Å². The van der Waals surface area contributed by atoms with Crippen LogP contribution in [0, 0.1) is 6.92 Å². The van der Waals surface area contributed by atoms with Gasteiger partial charge in [0.15, 0.2) is 24.4 Å². The lowest BCUT2D eigenvalue weighted by Crippen LogP contribution is -2.22. The van der Waals surface area contributed by atoms with E-state index in [4.69, 9.17) is 9.47 Å².